The first-order valence-electron chi connectivity index (χ1n) is 9.43. The molecule has 2 aromatic carbocycles. The summed E-state index contributed by atoms with van der Waals surface area (Å²) >= 11 is 7.13. The van der Waals surface area contributed by atoms with E-state index in [0.29, 0.717) is 27.1 Å². The van der Waals surface area contributed by atoms with Crippen LogP contribution in [0.1, 0.15) is 26.5 Å². The van der Waals surface area contributed by atoms with Crippen LogP contribution in [0.4, 0.5) is 21.3 Å². The molecule has 10 heteroatoms. The number of nitrogens with one attached hydrogen (secondary N) is 1. The summed E-state index contributed by atoms with van der Waals surface area (Å²) in [7, 11) is 0. The number of hydrogen-bond donors (Lipinski definition) is 1. The summed E-state index contributed by atoms with van der Waals surface area (Å²) in [6.45, 7) is 5.65. The van der Waals surface area contributed by atoms with E-state index in [1.54, 1.807) is 36.4 Å². The van der Waals surface area contributed by atoms with Gasteiger partial charge in [-0.1, -0.05) is 68.0 Å². The smallest absolute Gasteiger partial charge is 0.307 e. The van der Waals surface area contributed by atoms with E-state index in [1.165, 1.54) is 9.42 Å². The molecule has 2 heterocycles. The predicted octanol–water partition coefficient (Wildman–Crippen LogP) is 4.87. The molecule has 158 valence electrons. The molecule has 4 rings (SSSR count). The molecule has 4 aromatic rings. The Balaban J connectivity index is 1.80. The van der Waals surface area contributed by atoms with E-state index in [2.05, 4.69) is 20.6 Å². The number of aromatic nitrogens is 4. The van der Waals surface area contributed by atoms with Crippen molar-refractivity contribution in [2.45, 2.75) is 26.2 Å². The first-order valence-corrected chi connectivity index (χ1v) is 10.6. The van der Waals surface area contributed by atoms with Gasteiger partial charge >= 0.3 is 6.03 Å². The first-order chi connectivity index (χ1) is 14.7. The van der Waals surface area contributed by atoms with Crippen LogP contribution in [0.25, 0.3) is 4.96 Å². The van der Waals surface area contributed by atoms with E-state index in [0.717, 1.165) is 11.3 Å². The van der Waals surface area contributed by atoms with Crippen molar-refractivity contribution in [2.24, 2.45) is 0 Å². The van der Waals surface area contributed by atoms with Crippen molar-refractivity contribution in [2.75, 3.05) is 10.2 Å². The fourth-order valence-electron chi connectivity index (χ4n) is 2.90. The van der Waals surface area contributed by atoms with Gasteiger partial charge in [0, 0.05) is 16.1 Å². The van der Waals surface area contributed by atoms with Gasteiger partial charge in [-0.25, -0.2) is 9.69 Å². The highest BCUT2D eigenvalue weighted by Gasteiger charge is 2.26. The molecule has 2 aromatic heterocycles. The van der Waals surface area contributed by atoms with Gasteiger partial charge in [0.15, 0.2) is 0 Å². The maximum Gasteiger partial charge on any atom is 0.332 e. The lowest BCUT2D eigenvalue weighted by molar-refractivity contribution is 0.259. The number of para-hydroxylation sites is 1. The third kappa shape index (κ3) is 4.28. The minimum absolute atomic E-state index is 0.281. The number of nitrogens with zero attached hydrogens (tertiary/aromatic N) is 5. The van der Waals surface area contributed by atoms with Gasteiger partial charge < -0.3 is 5.32 Å². The highest BCUT2D eigenvalue weighted by atomic mass is 35.5. The number of hydrogen-bond acceptors (Lipinski definition) is 6. The van der Waals surface area contributed by atoms with E-state index in [4.69, 9.17) is 11.6 Å². The second-order valence-corrected chi connectivity index (χ2v) is 9.17. The second kappa shape index (κ2) is 8.09. The highest BCUT2D eigenvalue weighted by molar-refractivity contribution is 7.20. The fourth-order valence-corrected chi connectivity index (χ4v) is 3.95. The Kier molecular flexibility index (Phi) is 5.47. The minimum atomic E-state index is -0.488. The SMILES string of the molecule is CC(C)(C)c1nnc2sc(N(C(=O)Nc3cccc(Cl)c3)c3ccccc3)nn2c1=O. The van der Waals surface area contributed by atoms with Crippen LogP contribution in [0, 0.1) is 0 Å². The Bertz CT molecular complexity index is 1310. The van der Waals surface area contributed by atoms with Crippen LogP contribution in [0.15, 0.2) is 59.4 Å². The molecule has 0 radical (unpaired) electrons. The number of carbonyl (C=O) groups is 1. The molecule has 0 saturated heterocycles. The maximum absolute atomic E-state index is 13.2. The van der Waals surface area contributed by atoms with E-state index < -0.39 is 11.4 Å². The standard InChI is InChI=1S/C21H19ClN6O2S/c1-21(2,3)16-17(29)28-19(25-24-16)31-20(26-28)27(15-10-5-4-6-11-15)18(30)23-14-9-7-8-13(22)12-14/h4-12H,1-3H3,(H,23,30). The zero-order valence-corrected chi connectivity index (χ0v) is 18.6. The summed E-state index contributed by atoms with van der Waals surface area (Å²) in [4.78, 5) is 27.8. The summed E-state index contributed by atoms with van der Waals surface area (Å²) in [6, 6.07) is 15.4. The van der Waals surface area contributed by atoms with Gasteiger partial charge in [-0.3, -0.25) is 4.79 Å². The van der Waals surface area contributed by atoms with Crippen molar-refractivity contribution in [3.63, 3.8) is 0 Å². The molecule has 0 fully saturated rings. The van der Waals surface area contributed by atoms with Gasteiger partial charge in [-0.15, -0.1) is 15.3 Å². The second-order valence-electron chi connectivity index (χ2n) is 7.79. The summed E-state index contributed by atoms with van der Waals surface area (Å²) in [5.41, 5.74) is 0.572. The van der Waals surface area contributed by atoms with Crippen LogP contribution in [0.3, 0.4) is 0 Å². The summed E-state index contributed by atoms with van der Waals surface area (Å²) in [5.74, 6) is 0. The number of anilines is 3. The summed E-state index contributed by atoms with van der Waals surface area (Å²) < 4.78 is 1.19. The van der Waals surface area contributed by atoms with Gasteiger partial charge in [0.25, 0.3) is 5.56 Å². The van der Waals surface area contributed by atoms with Crippen LogP contribution in [-0.2, 0) is 5.41 Å². The molecule has 0 unspecified atom stereocenters. The molecular weight excluding hydrogens is 436 g/mol. The fraction of sp³-hybridized carbons (Fsp3) is 0.190. The van der Waals surface area contributed by atoms with Crippen molar-refractivity contribution in [3.8, 4) is 0 Å². The topological polar surface area (TPSA) is 92.5 Å². The van der Waals surface area contributed by atoms with Gasteiger partial charge in [-0.2, -0.15) is 4.52 Å². The van der Waals surface area contributed by atoms with Crippen LogP contribution in [-0.4, -0.2) is 25.8 Å². The van der Waals surface area contributed by atoms with Crippen molar-refractivity contribution in [1.82, 2.24) is 19.8 Å². The highest BCUT2D eigenvalue weighted by Crippen LogP contribution is 2.30. The molecule has 8 nitrogen and oxygen atoms in total. The minimum Gasteiger partial charge on any atom is -0.307 e. The average molecular weight is 455 g/mol. The van der Waals surface area contributed by atoms with E-state index in [9.17, 15) is 9.59 Å². The van der Waals surface area contributed by atoms with Gasteiger partial charge in [0.05, 0.1) is 5.69 Å². The van der Waals surface area contributed by atoms with Gasteiger partial charge in [0.1, 0.15) is 5.69 Å². The molecule has 0 atom stereocenters. The number of rotatable bonds is 3. The largest absolute Gasteiger partial charge is 0.332 e. The van der Waals surface area contributed by atoms with E-state index in [-0.39, 0.29) is 10.7 Å². The Hall–Kier alpha value is -3.30. The lowest BCUT2D eigenvalue weighted by Gasteiger charge is -2.20. The zero-order chi connectivity index (χ0) is 22.2. The quantitative estimate of drug-likeness (QED) is 0.476. The molecule has 0 aliphatic rings. The molecule has 2 amide bonds. The maximum atomic E-state index is 13.2. The van der Waals surface area contributed by atoms with Crippen LogP contribution in [0.5, 0.6) is 0 Å². The van der Waals surface area contributed by atoms with Crippen molar-refractivity contribution >= 4 is 50.4 Å². The van der Waals surface area contributed by atoms with E-state index in [1.807, 2.05) is 39.0 Å². The third-order valence-electron chi connectivity index (χ3n) is 4.37. The lowest BCUT2D eigenvalue weighted by atomic mass is 9.93. The van der Waals surface area contributed by atoms with Gasteiger partial charge in [0.2, 0.25) is 10.1 Å². The third-order valence-corrected chi connectivity index (χ3v) is 5.49. The molecule has 31 heavy (non-hydrogen) atoms. The average Bonchev–Trinajstić information content (AvgIpc) is 3.13. The molecule has 0 spiro atoms. The van der Waals surface area contributed by atoms with E-state index >= 15 is 0 Å². The first kappa shape index (κ1) is 21.0. The Morgan fingerprint density at radius 1 is 1.10 bits per heavy atom. The number of fused-ring (bicyclic) bond motifs is 1. The predicted molar refractivity (Wildman–Crippen MR) is 123 cm³/mol. The Labute approximate surface area is 187 Å². The number of urea groups is 1. The van der Waals surface area contributed by atoms with Crippen LogP contribution in [0.2, 0.25) is 5.02 Å². The van der Waals surface area contributed by atoms with Crippen molar-refractivity contribution in [1.29, 1.82) is 0 Å². The van der Waals surface area contributed by atoms with Crippen LogP contribution >= 0.6 is 22.9 Å². The number of halogens is 1. The lowest BCUT2D eigenvalue weighted by Crippen LogP contribution is -2.32. The zero-order valence-electron chi connectivity index (χ0n) is 17.0. The van der Waals surface area contributed by atoms with Gasteiger partial charge in [-0.05, 0) is 30.3 Å². The number of amides is 2. The summed E-state index contributed by atoms with van der Waals surface area (Å²) in [5, 5.41) is 16.3. The molecular formula is C21H19ClN6O2S. The molecule has 0 bridgehead atoms. The molecule has 1 N–H and O–H groups in total. The number of carbonyl (C=O) groups excluding carboxylic acids is 1. The molecule has 0 aliphatic heterocycles. The Morgan fingerprint density at radius 2 is 1.84 bits per heavy atom. The Morgan fingerprint density at radius 3 is 2.52 bits per heavy atom. The summed E-state index contributed by atoms with van der Waals surface area (Å²) in [6.07, 6.45) is 0. The molecule has 0 aliphatic carbocycles. The monoisotopic (exact) mass is 454 g/mol. The van der Waals surface area contributed by atoms with Crippen LogP contribution < -0.4 is 15.8 Å². The van der Waals surface area contributed by atoms with Crippen molar-refractivity contribution < 1.29 is 4.79 Å². The number of benzene rings is 2. The normalized spacial score (nSPS) is 11.5. The molecule has 0 saturated carbocycles. The van der Waals surface area contributed by atoms with Crippen molar-refractivity contribution in [3.05, 3.63) is 75.7 Å².